The Morgan fingerprint density at radius 1 is 1.33 bits per heavy atom. The average Bonchev–Trinajstić information content (AvgIpc) is 2.08. The third-order valence-corrected chi connectivity index (χ3v) is 2.32. The molecule has 0 aromatic heterocycles. The molecule has 0 radical (unpaired) electrons. The van der Waals surface area contributed by atoms with E-state index in [4.69, 9.17) is 15.6 Å². The summed E-state index contributed by atoms with van der Waals surface area (Å²) in [4.78, 5) is 0. The zero-order valence-electron chi connectivity index (χ0n) is 6.92. The molecule has 1 rings (SSSR count). The van der Waals surface area contributed by atoms with Crippen molar-refractivity contribution < 1.29 is 20.1 Å². The Morgan fingerprint density at radius 3 is 2.42 bits per heavy atom. The zero-order valence-corrected chi connectivity index (χ0v) is 6.92. The number of hydrogen-bond donors (Lipinski definition) is 4. The lowest BCUT2D eigenvalue weighted by atomic mass is 9.91. The van der Waals surface area contributed by atoms with Gasteiger partial charge in [0.2, 0.25) is 0 Å². The summed E-state index contributed by atoms with van der Waals surface area (Å²) >= 11 is 0. The first-order chi connectivity index (χ1) is 5.57. The van der Waals surface area contributed by atoms with E-state index in [2.05, 4.69) is 0 Å². The quantitative estimate of drug-likeness (QED) is 0.372. The maximum Gasteiger partial charge on any atom is 0.134 e. The van der Waals surface area contributed by atoms with E-state index in [0.29, 0.717) is 0 Å². The first-order valence-corrected chi connectivity index (χ1v) is 3.96. The Hall–Kier alpha value is -0.200. The number of aliphatic hydroxyl groups is 3. The van der Waals surface area contributed by atoms with Crippen molar-refractivity contribution in [3.8, 4) is 0 Å². The van der Waals surface area contributed by atoms with Gasteiger partial charge in [0.1, 0.15) is 12.3 Å². The summed E-state index contributed by atoms with van der Waals surface area (Å²) in [6, 6.07) is 0. The topological polar surface area (TPSA) is 95.9 Å². The zero-order chi connectivity index (χ0) is 9.30. The van der Waals surface area contributed by atoms with Crippen LogP contribution in [0.3, 0.4) is 0 Å². The molecule has 0 aliphatic carbocycles. The predicted molar refractivity (Wildman–Crippen MR) is 41.1 cm³/mol. The summed E-state index contributed by atoms with van der Waals surface area (Å²) in [5, 5.41) is 27.5. The Labute approximate surface area is 70.8 Å². The standard InChI is InChI=1S/C7H15NO4/c1-3-4(2-9)12-7(8)6(11)5(3)10/h3-7,9-11H,2,8H2,1H3/t3?,4?,5?,6?,7-/m1/s1. The van der Waals surface area contributed by atoms with Crippen molar-refractivity contribution >= 4 is 0 Å². The van der Waals surface area contributed by atoms with Crippen molar-refractivity contribution in [3.63, 3.8) is 0 Å². The van der Waals surface area contributed by atoms with Crippen molar-refractivity contribution in [2.45, 2.75) is 31.5 Å². The van der Waals surface area contributed by atoms with Crippen LogP contribution in [0, 0.1) is 5.92 Å². The summed E-state index contributed by atoms with van der Waals surface area (Å²) in [5.74, 6) is -0.301. The van der Waals surface area contributed by atoms with Gasteiger partial charge < -0.3 is 25.8 Å². The SMILES string of the molecule is CC1C(CO)O[C@@H](N)C(O)C1O. The average molecular weight is 177 g/mol. The number of rotatable bonds is 1. The van der Waals surface area contributed by atoms with E-state index >= 15 is 0 Å². The van der Waals surface area contributed by atoms with E-state index in [9.17, 15) is 10.2 Å². The molecule has 1 aliphatic rings. The first-order valence-electron chi connectivity index (χ1n) is 3.96. The van der Waals surface area contributed by atoms with Crippen LogP contribution in [-0.4, -0.2) is 46.5 Å². The highest BCUT2D eigenvalue weighted by atomic mass is 16.5. The fraction of sp³-hybridized carbons (Fsp3) is 1.00. The van der Waals surface area contributed by atoms with E-state index in [1.165, 1.54) is 0 Å². The van der Waals surface area contributed by atoms with Crippen molar-refractivity contribution in [3.05, 3.63) is 0 Å². The van der Waals surface area contributed by atoms with Crippen LogP contribution in [0.4, 0.5) is 0 Å². The molecule has 0 aromatic carbocycles. The van der Waals surface area contributed by atoms with Crippen molar-refractivity contribution in [2.75, 3.05) is 6.61 Å². The minimum atomic E-state index is -1.07. The van der Waals surface area contributed by atoms with Crippen molar-refractivity contribution in [2.24, 2.45) is 11.7 Å². The Bertz CT molecular complexity index is 150. The van der Waals surface area contributed by atoms with Crippen LogP contribution in [0.5, 0.6) is 0 Å². The van der Waals surface area contributed by atoms with Gasteiger partial charge in [0, 0.05) is 5.92 Å². The number of nitrogens with two attached hydrogens (primary N) is 1. The van der Waals surface area contributed by atoms with Crippen LogP contribution in [0.2, 0.25) is 0 Å². The van der Waals surface area contributed by atoms with Gasteiger partial charge in [-0.15, -0.1) is 0 Å². The lowest BCUT2D eigenvalue weighted by Crippen LogP contribution is -2.57. The Kier molecular flexibility index (Phi) is 3.03. The van der Waals surface area contributed by atoms with Gasteiger partial charge in [-0.3, -0.25) is 0 Å². The smallest absolute Gasteiger partial charge is 0.134 e. The van der Waals surface area contributed by atoms with Gasteiger partial charge in [0.25, 0.3) is 0 Å². The van der Waals surface area contributed by atoms with Crippen molar-refractivity contribution in [1.29, 1.82) is 0 Å². The second kappa shape index (κ2) is 3.68. The Morgan fingerprint density at radius 2 is 1.92 bits per heavy atom. The number of aliphatic hydroxyl groups excluding tert-OH is 3. The first kappa shape index (κ1) is 9.88. The normalized spacial score (nSPS) is 49.2. The van der Waals surface area contributed by atoms with E-state index in [1.54, 1.807) is 6.92 Å². The summed E-state index contributed by atoms with van der Waals surface area (Å²) in [7, 11) is 0. The van der Waals surface area contributed by atoms with Crippen molar-refractivity contribution in [1.82, 2.24) is 0 Å². The van der Waals surface area contributed by atoms with Gasteiger partial charge in [-0.25, -0.2) is 0 Å². The molecule has 5 heteroatoms. The van der Waals surface area contributed by atoms with Gasteiger partial charge in [-0.1, -0.05) is 6.92 Å². The molecule has 1 saturated heterocycles. The van der Waals surface area contributed by atoms with E-state index < -0.39 is 24.5 Å². The van der Waals surface area contributed by atoms with Crippen LogP contribution < -0.4 is 5.73 Å². The lowest BCUT2D eigenvalue weighted by molar-refractivity contribution is -0.202. The maximum atomic E-state index is 9.40. The molecule has 0 amide bonds. The highest BCUT2D eigenvalue weighted by molar-refractivity contribution is 4.87. The third kappa shape index (κ3) is 1.60. The van der Waals surface area contributed by atoms with Gasteiger partial charge in [-0.2, -0.15) is 0 Å². The maximum absolute atomic E-state index is 9.40. The molecule has 1 aliphatic heterocycles. The molecular weight excluding hydrogens is 162 g/mol. The van der Waals surface area contributed by atoms with Crippen LogP contribution >= 0.6 is 0 Å². The third-order valence-electron chi connectivity index (χ3n) is 2.32. The lowest BCUT2D eigenvalue weighted by Gasteiger charge is -2.39. The molecule has 0 bridgehead atoms. The monoisotopic (exact) mass is 177 g/mol. The number of ether oxygens (including phenoxy) is 1. The molecule has 0 spiro atoms. The molecule has 0 aromatic rings. The summed E-state index contributed by atoms with van der Waals surface area (Å²) in [6.45, 7) is 1.50. The van der Waals surface area contributed by atoms with E-state index in [-0.39, 0.29) is 12.5 Å². The predicted octanol–water partition coefficient (Wildman–Crippen LogP) is -1.98. The van der Waals surface area contributed by atoms with E-state index in [0.717, 1.165) is 0 Å². The van der Waals surface area contributed by atoms with Gasteiger partial charge in [0.15, 0.2) is 0 Å². The highest BCUT2D eigenvalue weighted by Crippen LogP contribution is 2.23. The van der Waals surface area contributed by atoms with Gasteiger partial charge in [-0.05, 0) is 0 Å². The molecule has 1 heterocycles. The summed E-state index contributed by atoms with van der Waals surface area (Å²) in [6.07, 6.45) is -3.39. The van der Waals surface area contributed by atoms with Crippen LogP contribution in [0.25, 0.3) is 0 Å². The Balaban J connectivity index is 2.63. The summed E-state index contributed by atoms with van der Waals surface area (Å²) < 4.78 is 5.05. The molecule has 12 heavy (non-hydrogen) atoms. The highest BCUT2D eigenvalue weighted by Gasteiger charge is 2.39. The molecule has 5 N–H and O–H groups in total. The largest absolute Gasteiger partial charge is 0.394 e. The number of hydrogen-bond acceptors (Lipinski definition) is 5. The molecule has 1 fully saturated rings. The fourth-order valence-electron chi connectivity index (χ4n) is 1.34. The van der Waals surface area contributed by atoms with Crippen LogP contribution in [-0.2, 0) is 4.74 Å². The second-order valence-corrected chi connectivity index (χ2v) is 3.16. The van der Waals surface area contributed by atoms with Gasteiger partial charge in [0.05, 0.1) is 18.8 Å². The van der Waals surface area contributed by atoms with Gasteiger partial charge >= 0.3 is 0 Å². The van der Waals surface area contributed by atoms with Crippen LogP contribution in [0.1, 0.15) is 6.92 Å². The molecular formula is C7H15NO4. The van der Waals surface area contributed by atoms with E-state index in [1.807, 2.05) is 0 Å². The van der Waals surface area contributed by atoms with Crippen LogP contribution in [0.15, 0.2) is 0 Å². The summed E-state index contributed by atoms with van der Waals surface area (Å²) in [5.41, 5.74) is 5.35. The fourth-order valence-corrected chi connectivity index (χ4v) is 1.34. The second-order valence-electron chi connectivity index (χ2n) is 3.16. The molecule has 5 nitrogen and oxygen atoms in total. The molecule has 72 valence electrons. The molecule has 4 unspecified atom stereocenters. The minimum Gasteiger partial charge on any atom is -0.394 e. The molecule has 5 atom stereocenters. The molecule has 0 saturated carbocycles. The minimum absolute atomic E-state index is 0.196.